The van der Waals surface area contributed by atoms with Gasteiger partial charge >= 0.3 is 5.97 Å². The van der Waals surface area contributed by atoms with Gasteiger partial charge in [0.2, 0.25) is 0 Å². The van der Waals surface area contributed by atoms with Gasteiger partial charge in [-0.05, 0) is 23.6 Å². The number of amides is 1. The van der Waals surface area contributed by atoms with Crippen molar-refractivity contribution in [3.05, 3.63) is 68.7 Å². The standard InChI is InChI=1S/C18H16Cl3NO3/c1-11(12-5-3-2-4-6-12)9-22-15(23)10-25-18(24)16-13(19)7-8-14(20)17(16)21/h2-8,11H,9-10H2,1H3,(H,22,23). The predicted molar refractivity (Wildman–Crippen MR) is 99.6 cm³/mol. The second-order valence-corrected chi connectivity index (χ2v) is 6.60. The molecule has 0 saturated carbocycles. The summed E-state index contributed by atoms with van der Waals surface area (Å²) in [6, 6.07) is 12.7. The Hall–Kier alpha value is -1.75. The van der Waals surface area contributed by atoms with E-state index in [9.17, 15) is 9.59 Å². The van der Waals surface area contributed by atoms with E-state index in [4.69, 9.17) is 39.5 Å². The van der Waals surface area contributed by atoms with Gasteiger partial charge in [0, 0.05) is 6.54 Å². The SMILES string of the molecule is CC(CNC(=O)COC(=O)c1c(Cl)ccc(Cl)c1Cl)c1ccccc1. The molecule has 0 saturated heterocycles. The van der Waals surface area contributed by atoms with Crippen LogP contribution in [0.2, 0.25) is 15.1 Å². The molecule has 0 heterocycles. The largest absolute Gasteiger partial charge is 0.452 e. The molecule has 1 amide bonds. The molecule has 0 radical (unpaired) electrons. The van der Waals surface area contributed by atoms with Crippen LogP contribution >= 0.6 is 34.8 Å². The molecule has 1 N–H and O–H groups in total. The van der Waals surface area contributed by atoms with E-state index in [1.54, 1.807) is 0 Å². The van der Waals surface area contributed by atoms with Crippen LogP contribution in [-0.2, 0) is 9.53 Å². The molecule has 2 aromatic rings. The summed E-state index contributed by atoms with van der Waals surface area (Å²) in [5.41, 5.74) is 1.05. The zero-order valence-corrected chi connectivity index (χ0v) is 15.7. The minimum absolute atomic E-state index is 0.00252. The van der Waals surface area contributed by atoms with E-state index < -0.39 is 18.5 Å². The maximum atomic E-state index is 12.1. The molecule has 132 valence electrons. The normalized spacial score (nSPS) is 11.7. The molecule has 0 aromatic heterocycles. The molecule has 0 aliphatic rings. The highest BCUT2D eigenvalue weighted by Crippen LogP contribution is 2.31. The van der Waals surface area contributed by atoms with Crippen LogP contribution in [0.25, 0.3) is 0 Å². The highest BCUT2D eigenvalue weighted by atomic mass is 35.5. The van der Waals surface area contributed by atoms with Gasteiger partial charge in [-0.3, -0.25) is 4.79 Å². The van der Waals surface area contributed by atoms with E-state index in [0.717, 1.165) is 5.56 Å². The number of hydrogen-bond acceptors (Lipinski definition) is 3. The average Bonchev–Trinajstić information content (AvgIpc) is 2.62. The highest BCUT2D eigenvalue weighted by Gasteiger charge is 2.19. The Morgan fingerprint density at radius 3 is 2.36 bits per heavy atom. The zero-order chi connectivity index (χ0) is 18.4. The Morgan fingerprint density at radius 1 is 1.04 bits per heavy atom. The number of esters is 1. The fourth-order valence-electron chi connectivity index (χ4n) is 2.13. The minimum atomic E-state index is -0.802. The van der Waals surface area contributed by atoms with Gasteiger partial charge in [-0.2, -0.15) is 0 Å². The third-order valence-corrected chi connectivity index (χ3v) is 4.68. The Balaban J connectivity index is 1.86. The van der Waals surface area contributed by atoms with Gasteiger partial charge in [-0.1, -0.05) is 72.1 Å². The summed E-state index contributed by atoms with van der Waals surface area (Å²) >= 11 is 17.8. The number of ether oxygens (including phenoxy) is 1. The Labute approximate surface area is 161 Å². The van der Waals surface area contributed by atoms with Crippen LogP contribution in [-0.4, -0.2) is 25.0 Å². The first-order valence-corrected chi connectivity index (χ1v) is 8.65. The van der Waals surface area contributed by atoms with Crippen LogP contribution in [0.4, 0.5) is 0 Å². The van der Waals surface area contributed by atoms with Crippen LogP contribution < -0.4 is 5.32 Å². The van der Waals surface area contributed by atoms with Crippen molar-refractivity contribution >= 4 is 46.7 Å². The average molecular weight is 401 g/mol. The molecule has 0 spiro atoms. The van der Waals surface area contributed by atoms with Gasteiger partial charge in [0.25, 0.3) is 5.91 Å². The van der Waals surface area contributed by atoms with Crippen LogP contribution in [0.15, 0.2) is 42.5 Å². The molecule has 7 heteroatoms. The van der Waals surface area contributed by atoms with E-state index in [0.29, 0.717) is 6.54 Å². The molecule has 4 nitrogen and oxygen atoms in total. The summed E-state index contributed by atoms with van der Waals surface area (Å²) in [5.74, 6) is -1.08. The molecular weight excluding hydrogens is 385 g/mol. The number of benzene rings is 2. The summed E-state index contributed by atoms with van der Waals surface area (Å²) in [6.45, 7) is 1.99. The first-order valence-electron chi connectivity index (χ1n) is 7.52. The molecular formula is C18H16Cl3NO3. The molecule has 2 rings (SSSR count). The van der Waals surface area contributed by atoms with Crippen molar-refractivity contribution in [2.24, 2.45) is 0 Å². The Bertz CT molecular complexity index is 766. The Morgan fingerprint density at radius 2 is 1.68 bits per heavy atom. The molecule has 0 aliphatic heterocycles. The maximum Gasteiger partial charge on any atom is 0.341 e. The van der Waals surface area contributed by atoms with Crippen LogP contribution in [0.5, 0.6) is 0 Å². The van der Waals surface area contributed by atoms with E-state index in [2.05, 4.69) is 5.32 Å². The fraction of sp³-hybridized carbons (Fsp3) is 0.222. The molecule has 0 aliphatic carbocycles. The topological polar surface area (TPSA) is 55.4 Å². The fourth-order valence-corrected chi connectivity index (χ4v) is 2.82. The second-order valence-electron chi connectivity index (χ2n) is 5.41. The van der Waals surface area contributed by atoms with Gasteiger partial charge in [0.05, 0.1) is 20.6 Å². The second kappa shape index (κ2) is 9.09. The van der Waals surface area contributed by atoms with Crippen molar-refractivity contribution in [3.8, 4) is 0 Å². The van der Waals surface area contributed by atoms with Crippen LogP contribution in [0.3, 0.4) is 0 Å². The molecule has 25 heavy (non-hydrogen) atoms. The third-order valence-electron chi connectivity index (χ3n) is 3.56. The summed E-state index contributed by atoms with van der Waals surface area (Å²) in [7, 11) is 0. The monoisotopic (exact) mass is 399 g/mol. The quantitative estimate of drug-likeness (QED) is 0.563. The molecule has 0 bridgehead atoms. The van der Waals surface area contributed by atoms with Gasteiger partial charge in [-0.15, -0.1) is 0 Å². The first kappa shape index (κ1) is 19.6. The van der Waals surface area contributed by atoms with Gasteiger partial charge in [0.15, 0.2) is 6.61 Å². The van der Waals surface area contributed by atoms with E-state index in [1.165, 1.54) is 12.1 Å². The van der Waals surface area contributed by atoms with E-state index >= 15 is 0 Å². The summed E-state index contributed by atoms with van der Waals surface area (Å²) in [6.07, 6.45) is 0. The van der Waals surface area contributed by atoms with Crippen LogP contribution in [0.1, 0.15) is 28.8 Å². The van der Waals surface area contributed by atoms with Crippen molar-refractivity contribution in [2.45, 2.75) is 12.8 Å². The lowest BCUT2D eigenvalue weighted by Crippen LogP contribution is -2.31. The highest BCUT2D eigenvalue weighted by molar-refractivity contribution is 6.46. The Kier molecular flexibility index (Phi) is 7.12. The van der Waals surface area contributed by atoms with Gasteiger partial charge in [0.1, 0.15) is 0 Å². The maximum absolute atomic E-state index is 12.1. The van der Waals surface area contributed by atoms with Gasteiger partial charge < -0.3 is 10.1 Å². The lowest BCUT2D eigenvalue weighted by molar-refractivity contribution is -0.124. The van der Waals surface area contributed by atoms with Crippen molar-refractivity contribution in [1.29, 1.82) is 0 Å². The number of carbonyl (C=O) groups is 2. The lowest BCUT2D eigenvalue weighted by atomic mass is 10.0. The minimum Gasteiger partial charge on any atom is -0.452 e. The smallest absolute Gasteiger partial charge is 0.341 e. The molecule has 2 aromatic carbocycles. The van der Waals surface area contributed by atoms with Crippen molar-refractivity contribution in [1.82, 2.24) is 5.32 Å². The van der Waals surface area contributed by atoms with Gasteiger partial charge in [-0.25, -0.2) is 4.79 Å². The molecule has 1 unspecified atom stereocenters. The van der Waals surface area contributed by atoms with Crippen molar-refractivity contribution in [3.63, 3.8) is 0 Å². The summed E-state index contributed by atoms with van der Waals surface area (Å²) in [4.78, 5) is 23.9. The first-order chi connectivity index (χ1) is 11.9. The van der Waals surface area contributed by atoms with E-state index in [-0.39, 0.29) is 26.5 Å². The number of carbonyl (C=O) groups excluding carboxylic acids is 2. The zero-order valence-electron chi connectivity index (χ0n) is 13.4. The van der Waals surface area contributed by atoms with Crippen molar-refractivity contribution < 1.29 is 14.3 Å². The number of nitrogens with one attached hydrogen (secondary N) is 1. The van der Waals surface area contributed by atoms with Crippen molar-refractivity contribution in [2.75, 3.05) is 13.2 Å². The number of hydrogen-bond donors (Lipinski definition) is 1. The van der Waals surface area contributed by atoms with E-state index in [1.807, 2.05) is 37.3 Å². The van der Waals surface area contributed by atoms with Crippen LogP contribution in [0, 0.1) is 0 Å². The summed E-state index contributed by atoms with van der Waals surface area (Å²) in [5, 5.41) is 3.01. The lowest BCUT2D eigenvalue weighted by Gasteiger charge is -2.13. The number of rotatable bonds is 6. The summed E-state index contributed by atoms with van der Waals surface area (Å²) < 4.78 is 4.97. The third kappa shape index (κ3) is 5.36. The predicted octanol–water partition coefficient (Wildman–Crippen LogP) is 4.72. The molecule has 0 fully saturated rings. The number of halogens is 3. The molecule has 1 atom stereocenters.